The van der Waals surface area contributed by atoms with Crippen LogP contribution in [-0.2, 0) is 0 Å². The number of hydrogen-bond donors (Lipinski definition) is 2. The molecule has 0 spiro atoms. The van der Waals surface area contributed by atoms with Crippen molar-refractivity contribution in [1.82, 2.24) is 5.43 Å². The van der Waals surface area contributed by atoms with Gasteiger partial charge in [-0.15, -0.1) is 0 Å². The Kier molecular flexibility index (Phi) is 5.90. The van der Waals surface area contributed by atoms with Gasteiger partial charge in [-0.25, -0.2) is 15.0 Å². The lowest BCUT2D eigenvalue weighted by Gasteiger charge is -2.11. The molecule has 124 valence electrons. The molecule has 7 nitrogen and oxygen atoms in total. The Balaban J connectivity index is 2.18. The van der Waals surface area contributed by atoms with E-state index in [-0.39, 0.29) is 0 Å². The highest BCUT2D eigenvalue weighted by Gasteiger charge is 2.12. The summed E-state index contributed by atoms with van der Waals surface area (Å²) >= 11 is 0. The Hall–Kier alpha value is -3.35. The minimum absolute atomic E-state index is 0.297. The number of hydrogen-bond acceptors (Lipinski definition) is 5. The zero-order valence-corrected chi connectivity index (χ0v) is 13.1. The maximum atomic E-state index is 12.1. The lowest BCUT2D eigenvalue weighted by molar-refractivity contribution is 0.0728. The third-order valence-electron chi connectivity index (χ3n) is 2.87. The number of hydrazone groups is 1. The molecule has 0 bridgehead atoms. The van der Waals surface area contributed by atoms with Crippen molar-refractivity contribution in [3.05, 3.63) is 59.7 Å². The molecule has 0 unspecified atom stereocenters. The Labute approximate surface area is 139 Å². The summed E-state index contributed by atoms with van der Waals surface area (Å²) in [7, 11) is 0. The fourth-order valence-electron chi connectivity index (χ4n) is 1.86. The van der Waals surface area contributed by atoms with Gasteiger partial charge in [0.15, 0.2) is 11.5 Å². The first-order valence-electron chi connectivity index (χ1n) is 7.22. The van der Waals surface area contributed by atoms with Crippen LogP contribution in [0.1, 0.15) is 22.8 Å². The van der Waals surface area contributed by atoms with E-state index in [0.29, 0.717) is 29.2 Å². The molecule has 0 saturated carbocycles. The molecule has 0 heterocycles. The summed E-state index contributed by atoms with van der Waals surface area (Å²) in [6, 6.07) is 12.8. The zero-order chi connectivity index (χ0) is 17.4. The van der Waals surface area contributed by atoms with E-state index in [2.05, 4.69) is 10.5 Å². The number of primary amides is 1. The van der Waals surface area contributed by atoms with Crippen LogP contribution in [0.5, 0.6) is 11.5 Å². The second-order valence-electron chi connectivity index (χ2n) is 4.63. The number of carbonyl (C=O) groups is 2. The Morgan fingerprint density at radius 1 is 1.17 bits per heavy atom. The van der Waals surface area contributed by atoms with Crippen molar-refractivity contribution in [1.29, 1.82) is 0 Å². The summed E-state index contributed by atoms with van der Waals surface area (Å²) in [6.07, 6.45) is 1.40. The smallest absolute Gasteiger partial charge is 0.343 e. The maximum absolute atomic E-state index is 12.1. The highest BCUT2D eigenvalue weighted by atomic mass is 16.6. The predicted molar refractivity (Wildman–Crippen MR) is 89.3 cm³/mol. The van der Waals surface area contributed by atoms with Crippen LogP contribution in [0, 0.1) is 0 Å². The van der Waals surface area contributed by atoms with E-state index in [4.69, 9.17) is 15.2 Å². The van der Waals surface area contributed by atoms with E-state index in [0.717, 1.165) is 0 Å². The van der Waals surface area contributed by atoms with Crippen LogP contribution in [0.3, 0.4) is 0 Å². The average Bonchev–Trinajstić information content (AvgIpc) is 2.57. The number of nitrogens with two attached hydrogens (primary N) is 1. The van der Waals surface area contributed by atoms with Crippen molar-refractivity contribution in [3.8, 4) is 11.5 Å². The molecule has 2 aromatic carbocycles. The minimum atomic E-state index is -0.760. The van der Waals surface area contributed by atoms with Gasteiger partial charge in [0.25, 0.3) is 0 Å². The zero-order valence-electron chi connectivity index (χ0n) is 13.1. The number of amides is 2. The summed E-state index contributed by atoms with van der Waals surface area (Å²) in [5.74, 6) is 0.212. The molecule has 0 aliphatic rings. The summed E-state index contributed by atoms with van der Waals surface area (Å²) in [6.45, 7) is 2.22. The largest absolute Gasteiger partial charge is 0.490 e. The second kappa shape index (κ2) is 8.33. The standard InChI is InChI=1S/C17H17N3O4/c1-2-23-15-10-12(11-19-20-17(18)22)8-9-14(15)24-16(21)13-6-4-3-5-7-13/h3-11H,2H2,1H3,(H3,18,20,22)/b19-11-. The molecule has 0 saturated heterocycles. The van der Waals surface area contributed by atoms with Gasteiger partial charge in [0.1, 0.15) is 0 Å². The van der Waals surface area contributed by atoms with Crippen LogP contribution in [0.2, 0.25) is 0 Å². The highest BCUT2D eigenvalue weighted by molar-refractivity contribution is 5.91. The number of ether oxygens (including phenoxy) is 2. The molecule has 0 radical (unpaired) electrons. The van der Waals surface area contributed by atoms with Crippen molar-refractivity contribution in [3.63, 3.8) is 0 Å². The number of benzene rings is 2. The van der Waals surface area contributed by atoms with E-state index in [1.54, 1.807) is 42.5 Å². The molecule has 0 atom stereocenters. The van der Waals surface area contributed by atoms with Crippen molar-refractivity contribution in [2.24, 2.45) is 10.8 Å². The number of rotatable bonds is 6. The van der Waals surface area contributed by atoms with Gasteiger partial charge in [-0.2, -0.15) is 5.10 Å². The molecule has 0 fully saturated rings. The summed E-state index contributed by atoms with van der Waals surface area (Å²) in [4.78, 5) is 22.7. The van der Waals surface area contributed by atoms with Gasteiger partial charge < -0.3 is 15.2 Å². The van der Waals surface area contributed by atoms with Gasteiger partial charge in [-0.1, -0.05) is 18.2 Å². The summed E-state index contributed by atoms with van der Waals surface area (Å²) in [5, 5.41) is 3.67. The number of urea groups is 1. The van der Waals surface area contributed by atoms with E-state index in [1.807, 2.05) is 13.0 Å². The SMILES string of the molecule is CCOc1cc(/C=N\NC(N)=O)ccc1OC(=O)c1ccccc1. The molecule has 7 heteroatoms. The molecule has 0 aliphatic carbocycles. The number of esters is 1. The fourth-order valence-corrected chi connectivity index (χ4v) is 1.86. The molecule has 2 amide bonds. The van der Waals surface area contributed by atoms with E-state index in [9.17, 15) is 9.59 Å². The van der Waals surface area contributed by atoms with Gasteiger partial charge in [0.05, 0.1) is 18.4 Å². The molecular formula is C17H17N3O4. The van der Waals surface area contributed by atoms with E-state index < -0.39 is 12.0 Å². The first-order valence-corrected chi connectivity index (χ1v) is 7.22. The highest BCUT2D eigenvalue weighted by Crippen LogP contribution is 2.28. The first kappa shape index (κ1) is 17.0. The molecule has 2 aromatic rings. The summed E-state index contributed by atoms with van der Waals surface area (Å²) < 4.78 is 10.9. The second-order valence-corrected chi connectivity index (χ2v) is 4.63. The Morgan fingerprint density at radius 2 is 1.92 bits per heavy atom. The number of carbonyl (C=O) groups excluding carboxylic acids is 2. The molecular weight excluding hydrogens is 310 g/mol. The van der Waals surface area contributed by atoms with Gasteiger partial charge in [0.2, 0.25) is 0 Å². The van der Waals surface area contributed by atoms with Crippen LogP contribution in [0.15, 0.2) is 53.6 Å². The Bertz CT molecular complexity index is 745. The van der Waals surface area contributed by atoms with Gasteiger partial charge >= 0.3 is 12.0 Å². The van der Waals surface area contributed by atoms with Gasteiger partial charge in [-0.05, 0) is 42.8 Å². The number of nitrogens with zero attached hydrogens (tertiary/aromatic N) is 1. The van der Waals surface area contributed by atoms with E-state index >= 15 is 0 Å². The predicted octanol–water partition coefficient (Wildman–Crippen LogP) is 2.31. The van der Waals surface area contributed by atoms with Crippen LogP contribution in [0.25, 0.3) is 0 Å². The van der Waals surface area contributed by atoms with Gasteiger partial charge in [0, 0.05) is 0 Å². The minimum Gasteiger partial charge on any atom is -0.490 e. The average molecular weight is 327 g/mol. The monoisotopic (exact) mass is 327 g/mol. The maximum Gasteiger partial charge on any atom is 0.343 e. The molecule has 0 aromatic heterocycles. The van der Waals surface area contributed by atoms with Crippen LogP contribution >= 0.6 is 0 Å². The molecule has 3 N–H and O–H groups in total. The van der Waals surface area contributed by atoms with Crippen LogP contribution in [-0.4, -0.2) is 24.8 Å². The normalized spacial score (nSPS) is 10.4. The van der Waals surface area contributed by atoms with Crippen molar-refractivity contribution >= 4 is 18.2 Å². The lowest BCUT2D eigenvalue weighted by atomic mass is 10.2. The van der Waals surface area contributed by atoms with Crippen molar-refractivity contribution in [2.75, 3.05) is 6.61 Å². The Morgan fingerprint density at radius 3 is 2.58 bits per heavy atom. The van der Waals surface area contributed by atoms with E-state index in [1.165, 1.54) is 6.21 Å². The van der Waals surface area contributed by atoms with Crippen LogP contribution < -0.4 is 20.6 Å². The third kappa shape index (κ3) is 4.84. The molecule has 24 heavy (non-hydrogen) atoms. The summed E-state index contributed by atoms with van der Waals surface area (Å²) in [5.41, 5.74) is 8.10. The van der Waals surface area contributed by atoms with Crippen LogP contribution in [0.4, 0.5) is 4.79 Å². The van der Waals surface area contributed by atoms with Crippen molar-refractivity contribution in [2.45, 2.75) is 6.92 Å². The fraction of sp³-hybridized carbons (Fsp3) is 0.118. The third-order valence-corrected chi connectivity index (χ3v) is 2.87. The topological polar surface area (TPSA) is 103 Å². The lowest BCUT2D eigenvalue weighted by Crippen LogP contribution is -2.24. The van der Waals surface area contributed by atoms with Gasteiger partial charge in [-0.3, -0.25) is 0 Å². The van der Waals surface area contributed by atoms with Crippen molar-refractivity contribution < 1.29 is 19.1 Å². The molecule has 2 rings (SSSR count). The first-order chi connectivity index (χ1) is 11.6. The number of nitrogens with one attached hydrogen (secondary N) is 1. The molecule has 0 aliphatic heterocycles. The quantitative estimate of drug-likeness (QED) is 0.368.